The van der Waals surface area contributed by atoms with Gasteiger partial charge in [-0.15, -0.1) is 0 Å². The highest BCUT2D eigenvalue weighted by Crippen LogP contribution is 2.29. The van der Waals surface area contributed by atoms with E-state index in [1.54, 1.807) is 0 Å². The summed E-state index contributed by atoms with van der Waals surface area (Å²) in [7, 11) is 0. The van der Waals surface area contributed by atoms with Crippen molar-refractivity contribution in [3.05, 3.63) is 63.6 Å². The number of Topliss-reactive ketones (excluding diaryl/α,β-unsaturated/α-hetero) is 1. The number of halogens is 2. The second kappa shape index (κ2) is 10.8. The monoisotopic (exact) mass is 531 g/mol. The number of primary amides is 1. The van der Waals surface area contributed by atoms with Crippen molar-refractivity contribution in [2.45, 2.75) is 25.3 Å². The van der Waals surface area contributed by atoms with E-state index in [1.807, 2.05) is 4.90 Å². The molecule has 2 heterocycles. The van der Waals surface area contributed by atoms with Gasteiger partial charge < -0.3 is 10.5 Å². The van der Waals surface area contributed by atoms with Crippen LogP contribution in [0.3, 0.4) is 0 Å². The Bertz CT molecular complexity index is 1220. The van der Waals surface area contributed by atoms with Gasteiger partial charge in [-0.1, -0.05) is 23.2 Å². The Morgan fingerprint density at radius 3 is 2.28 bits per heavy atom. The van der Waals surface area contributed by atoms with Crippen molar-refractivity contribution in [1.29, 1.82) is 0 Å². The topological polar surface area (TPSA) is 127 Å². The minimum absolute atomic E-state index is 0.0409. The van der Waals surface area contributed by atoms with Crippen molar-refractivity contribution in [3.8, 4) is 0 Å². The molecule has 2 aliphatic heterocycles. The maximum Gasteiger partial charge on any atom is 0.338 e. The van der Waals surface area contributed by atoms with E-state index in [0.717, 1.165) is 4.90 Å². The van der Waals surface area contributed by atoms with Crippen LogP contribution in [-0.4, -0.2) is 60.1 Å². The molecule has 9 nitrogen and oxygen atoms in total. The number of nitrogens with zero attached hydrogens (tertiary/aromatic N) is 2. The van der Waals surface area contributed by atoms with Gasteiger partial charge in [0, 0.05) is 16.5 Å². The fraction of sp³-hybridized carbons (Fsp3) is 0.320. The minimum Gasteiger partial charge on any atom is -0.454 e. The van der Waals surface area contributed by atoms with Crippen LogP contribution in [0.25, 0.3) is 0 Å². The lowest BCUT2D eigenvalue weighted by Gasteiger charge is -2.33. The number of imide groups is 1. The Morgan fingerprint density at radius 2 is 1.67 bits per heavy atom. The smallest absolute Gasteiger partial charge is 0.338 e. The summed E-state index contributed by atoms with van der Waals surface area (Å²) in [6.45, 7) is 0.505. The average molecular weight is 532 g/mol. The maximum absolute atomic E-state index is 13.0. The van der Waals surface area contributed by atoms with E-state index in [-0.39, 0.29) is 46.2 Å². The minimum atomic E-state index is -0.741. The van der Waals surface area contributed by atoms with Crippen LogP contribution in [0.15, 0.2) is 42.5 Å². The molecular formula is C25H23Cl2N3O6. The first-order chi connectivity index (χ1) is 17.2. The standard InChI is InChI=1S/C25H23Cl2N3O6/c26-16-3-6-18(19(27)11-16)21(31)13-36-25(35)15-1-4-17(5-2-15)30-22(32)12-20(24(30)34)29-9-7-14(8-10-29)23(28)33/h1-6,11,14,20H,7-10,12-13H2,(H2,28,33). The zero-order chi connectivity index (χ0) is 26.0. The van der Waals surface area contributed by atoms with Crippen LogP contribution >= 0.6 is 23.2 Å². The molecule has 2 aromatic rings. The number of hydrogen-bond acceptors (Lipinski definition) is 7. The van der Waals surface area contributed by atoms with Gasteiger partial charge in [-0.2, -0.15) is 0 Å². The number of nitrogens with two attached hydrogens (primary N) is 1. The third-order valence-electron chi connectivity index (χ3n) is 6.42. The lowest BCUT2D eigenvalue weighted by atomic mass is 9.95. The van der Waals surface area contributed by atoms with Gasteiger partial charge >= 0.3 is 5.97 Å². The van der Waals surface area contributed by atoms with Gasteiger partial charge in [-0.3, -0.25) is 24.1 Å². The summed E-state index contributed by atoms with van der Waals surface area (Å²) < 4.78 is 5.09. The summed E-state index contributed by atoms with van der Waals surface area (Å²) in [6, 6.07) is 9.58. The number of benzene rings is 2. The zero-order valence-corrected chi connectivity index (χ0v) is 20.6. The highest BCUT2D eigenvalue weighted by molar-refractivity contribution is 6.36. The van der Waals surface area contributed by atoms with Gasteiger partial charge in [0.25, 0.3) is 5.91 Å². The van der Waals surface area contributed by atoms with Gasteiger partial charge in [0.1, 0.15) is 0 Å². The molecule has 2 fully saturated rings. The summed E-state index contributed by atoms with van der Waals surface area (Å²) >= 11 is 11.8. The predicted molar refractivity (Wildman–Crippen MR) is 132 cm³/mol. The molecular weight excluding hydrogens is 509 g/mol. The second-order valence-corrected chi connectivity index (χ2v) is 9.51. The molecule has 0 aliphatic carbocycles. The van der Waals surface area contributed by atoms with Crippen LogP contribution < -0.4 is 10.6 Å². The first-order valence-electron chi connectivity index (χ1n) is 11.3. The molecule has 1 atom stereocenters. The largest absolute Gasteiger partial charge is 0.454 e. The summed E-state index contributed by atoms with van der Waals surface area (Å²) in [5, 5.41) is 0.533. The Morgan fingerprint density at radius 1 is 1.00 bits per heavy atom. The Labute approximate surface area is 217 Å². The van der Waals surface area contributed by atoms with Crippen LogP contribution in [0.5, 0.6) is 0 Å². The van der Waals surface area contributed by atoms with E-state index in [9.17, 15) is 24.0 Å². The third kappa shape index (κ3) is 5.43. The molecule has 0 radical (unpaired) electrons. The number of hydrogen-bond donors (Lipinski definition) is 1. The number of esters is 1. The molecule has 3 amide bonds. The number of rotatable bonds is 7. The lowest BCUT2D eigenvalue weighted by Crippen LogP contribution is -2.47. The summed E-state index contributed by atoms with van der Waals surface area (Å²) in [5.74, 6) is -2.48. The molecule has 2 aromatic carbocycles. The first-order valence-corrected chi connectivity index (χ1v) is 12.1. The van der Waals surface area contributed by atoms with Gasteiger partial charge in [0.05, 0.1) is 28.7 Å². The molecule has 2 aliphatic rings. The van der Waals surface area contributed by atoms with Crippen molar-refractivity contribution in [2.75, 3.05) is 24.6 Å². The van der Waals surface area contributed by atoms with Crippen LogP contribution in [0.1, 0.15) is 40.0 Å². The Balaban J connectivity index is 1.36. The molecule has 0 saturated carbocycles. The van der Waals surface area contributed by atoms with Crippen molar-refractivity contribution >= 4 is 58.4 Å². The fourth-order valence-corrected chi connectivity index (χ4v) is 4.94. The van der Waals surface area contributed by atoms with E-state index in [4.69, 9.17) is 33.7 Å². The van der Waals surface area contributed by atoms with Crippen LogP contribution in [0.4, 0.5) is 5.69 Å². The molecule has 188 valence electrons. The predicted octanol–water partition coefficient (Wildman–Crippen LogP) is 2.86. The van der Waals surface area contributed by atoms with E-state index in [0.29, 0.717) is 36.6 Å². The lowest BCUT2D eigenvalue weighted by molar-refractivity contribution is -0.124. The highest BCUT2D eigenvalue weighted by Gasteiger charge is 2.43. The summed E-state index contributed by atoms with van der Waals surface area (Å²) in [6.07, 6.45) is 1.15. The number of likely N-dealkylation sites (tertiary alicyclic amines) is 1. The number of ether oxygens (including phenoxy) is 1. The van der Waals surface area contributed by atoms with Crippen LogP contribution in [0, 0.1) is 5.92 Å². The SMILES string of the molecule is NC(=O)C1CCN(C2CC(=O)N(c3ccc(C(=O)OCC(=O)c4ccc(Cl)cc4Cl)cc3)C2=O)CC1. The molecule has 0 aromatic heterocycles. The van der Waals surface area contributed by atoms with Crippen molar-refractivity contribution in [1.82, 2.24) is 4.90 Å². The number of piperidine rings is 1. The molecule has 4 rings (SSSR count). The average Bonchev–Trinajstić information content (AvgIpc) is 3.16. The van der Waals surface area contributed by atoms with Crippen LogP contribution in [-0.2, 0) is 19.1 Å². The van der Waals surface area contributed by atoms with E-state index in [1.165, 1.54) is 42.5 Å². The molecule has 1 unspecified atom stereocenters. The zero-order valence-electron chi connectivity index (χ0n) is 19.1. The Kier molecular flexibility index (Phi) is 7.73. The van der Waals surface area contributed by atoms with Gasteiger partial charge in [-0.25, -0.2) is 9.69 Å². The van der Waals surface area contributed by atoms with Gasteiger partial charge in [-0.05, 0) is 68.4 Å². The first kappa shape index (κ1) is 25.8. The van der Waals surface area contributed by atoms with E-state index >= 15 is 0 Å². The number of anilines is 1. The summed E-state index contributed by atoms with van der Waals surface area (Å²) in [4.78, 5) is 64.8. The van der Waals surface area contributed by atoms with E-state index < -0.39 is 24.4 Å². The maximum atomic E-state index is 13.0. The van der Waals surface area contributed by atoms with Gasteiger partial charge in [0.2, 0.25) is 17.6 Å². The Hall–Kier alpha value is -3.27. The number of amides is 3. The summed E-state index contributed by atoms with van der Waals surface area (Å²) in [5.41, 5.74) is 6.04. The third-order valence-corrected chi connectivity index (χ3v) is 6.97. The molecule has 2 saturated heterocycles. The normalized spacial score (nSPS) is 18.9. The van der Waals surface area contributed by atoms with E-state index in [2.05, 4.69) is 0 Å². The van der Waals surface area contributed by atoms with Crippen molar-refractivity contribution in [2.24, 2.45) is 11.7 Å². The highest BCUT2D eigenvalue weighted by atomic mass is 35.5. The fourth-order valence-electron chi connectivity index (χ4n) is 4.42. The molecule has 11 heteroatoms. The quantitative estimate of drug-likeness (QED) is 0.330. The molecule has 2 N–H and O–H groups in total. The molecule has 0 bridgehead atoms. The molecule has 36 heavy (non-hydrogen) atoms. The second-order valence-electron chi connectivity index (χ2n) is 8.67. The van der Waals surface area contributed by atoms with Crippen molar-refractivity contribution in [3.63, 3.8) is 0 Å². The number of carbonyl (C=O) groups excluding carboxylic acids is 5. The van der Waals surface area contributed by atoms with Crippen molar-refractivity contribution < 1.29 is 28.7 Å². The van der Waals surface area contributed by atoms with Gasteiger partial charge in [0.15, 0.2) is 6.61 Å². The van der Waals surface area contributed by atoms with Crippen LogP contribution in [0.2, 0.25) is 10.0 Å². The molecule has 0 spiro atoms. The number of ketones is 1. The number of carbonyl (C=O) groups is 5.